The molecule has 0 amide bonds. The maximum absolute atomic E-state index is 5.84. The van der Waals surface area contributed by atoms with Crippen LogP contribution in [0.3, 0.4) is 0 Å². The molecular weight excluding hydrogens is 1720 g/mol. The van der Waals surface area contributed by atoms with Gasteiger partial charge < -0.3 is 23.7 Å². The summed E-state index contributed by atoms with van der Waals surface area (Å²) in [6, 6.07) is 83.8. The Morgan fingerprint density at radius 3 is 0.438 bits per heavy atom. The van der Waals surface area contributed by atoms with Crippen LogP contribution in [0.5, 0.6) is 28.7 Å². The summed E-state index contributed by atoms with van der Waals surface area (Å²) in [6.45, 7) is 14.5. The third-order valence-corrected chi connectivity index (χ3v) is 28.8. The Kier molecular flexibility index (Phi) is 53.2. The molecule has 10 aromatic carbocycles. The second kappa shape index (κ2) is 62.4. The standard InChI is InChI=1S/5C23H29OS.5FH/c5*1-2-3-4-18-5-9-20(10-6-18)21-11-7-19(8-12-21)17-24-22-13-15-23(25)16-14-22;;;;;/h5*7-8,11-16,18,20H,2-6,9-10,17H2,1H3;5*1H/t5*18-,20-;;;;;. The average Bonchev–Trinajstić information content (AvgIpc) is 0.864. The second-order valence-corrected chi connectivity index (χ2v) is 39.2. The van der Waals surface area contributed by atoms with Gasteiger partial charge in [0.1, 0.15) is 61.8 Å². The van der Waals surface area contributed by atoms with Crippen LogP contribution in [0, 0.1) is 29.6 Å². The summed E-state index contributed by atoms with van der Waals surface area (Å²) in [7, 11) is 0. The first kappa shape index (κ1) is 111. The van der Waals surface area contributed by atoms with Gasteiger partial charge in [-0.2, -0.15) is 0 Å². The molecule has 5 aliphatic carbocycles. The lowest BCUT2D eigenvalue weighted by Gasteiger charge is -2.29. The van der Waals surface area contributed by atoms with Crippen molar-refractivity contribution in [3.8, 4) is 28.7 Å². The van der Waals surface area contributed by atoms with Crippen molar-refractivity contribution in [2.45, 2.75) is 346 Å². The number of hydrogen-bond donors (Lipinski definition) is 0. The van der Waals surface area contributed by atoms with E-state index in [0.717, 1.165) is 112 Å². The number of rotatable bonds is 35. The summed E-state index contributed by atoms with van der Waals surface area (Å²) in [5.41, 5.74) is 13.7. The predicted octanol–water partition coefficient (Wildman–Crippen LogP) is 37.2. The van der Waals surface area contributed by atoms with E-state index in [2.05, 4.69) is 156 Å². The molecular formula is C115H150F5O5S5. The van der Waals surface area contributed by atoms with Crippen LogP contribution < -0.4 is 23.7 Å². The van der Waals surface area contributed by atoms with Crippen molar-refractivity contribution in [3.63, 3.8) is 0 Å². The van der Waals surface area contributed by atoms with Crippen molar-refractivity contribution in [1.29, 1.82) is 0 Å². The normalized spacial score (nSPS) is 19.6. The van der Waals surface area contributed by atoms with Crippen molar-refractivity contribution < 1.29 is 47.2 Å². The number of benzene rings is 10. The number of halogens is 5. The van der Waals surface area contributed by atoms with E-state index in [9.17, 15) is 0 Å². The van der Waals surface area contributed by atoms with Crippen LogP contribution in [0.25, 0.3) is 0 Å². The van der Waals surface area contributed by atoms with Crippen molar-refractivity contribution >= 4 is 63.1 Å². The zero-order valence-corrected chi connectivity index (χ0v) is 82.4. The highest BCUT2D eigenvalue weighted by atomic mass is 32.1. The summed E-state index contributed by atoms with van der Waals surface area (Å²) in [5.74, 6) is 13.1. The van der Waals surface area contributed by atoms with Gasteiger partial charge in [0.25, 0.3) is 0 Å². The average molecular weight is 1870 g/mol. The lowest BCUT2D eigenvalue weighted by atomic mass is 9.77. The summed E-state index contributed by atoms with van der Waals surface area (Å²) < 4.78 is 29.2. The number of ether oxygens (including phenoxy) is 5. The maximum atomic E-state index is 5.84. The van der Waals surface area contributed by atoms with Gasteiger partial charge in [-0.05, 0) is 365 Å². The molecule has 705 valence electrons. The Bertz CT molecular complexity index is 3830. The van der Waals surface area contributed by atoms with Gasteiger partial charge >= 0.3 is 0 Å². The Balaban J connectivity index is 0.000000248. The molecule has 15 rings (SSSR count). The Morgan fingerprint density at radius 2 is 0.315 bits per heavy atom. The Hall–Kier alpha value is -8.05. The van der Waals surface area contributed by atoms with E-state index in [1.807, 2.05) is 121 Å². The van der Waals surface area contributed by atoms with Gasteiger partial charge in [-0.25, -0.2) is 0 Å². The van der Waals surface area contributed by atoms with E-state index < -0.39 is 0 Å². The molecule has 5 radical (unpaired) electrons. The molecule has 5 saturated carbocycles. The quantitative estimate of drug-likeness (QED) is 0.0371. The van der Waals surface area contributed by atoms with Crippen LogP contribution >= 0.6 is 63.1 Å². The minimum Gasteiger partial charge on any atom is -0.489 e. The van der Waals surface area contributed by atoms with Crippen LogP contribution in [0.1, 0.15) is 345 Å². The van der Waals surface area contributed by atoms with E-state index in [-0.39, 0.29) is 23.5 Å². The SMILES string of the molecule is CCCC[C@H]1CC[C@H](c2ccc(COc3ccc([S])cc3)cc2)CC1.CCCC[C@H]1CC[C@H](c2ccc(COc3ccc([S])cc3)cc2)CC1.CCCC[C@H]1CC[C@H](c2ccc(COc3ccc([S])cc3)cc2)CC1.CCCC[C@H]1CC[C@H](c2ccc(COc3ccc([S])cc3)cc2)CC1.CCCC[C@H]1CC[C@H](c2ccc(COc3ccc([S])cc3)cc2)CC1.F.F.F.F.F. The maximum Gasteiger partial charge on any atom is 0.119 e. The summed E-state index contributed by atoms with van der Waals surface area (Å²) in [4.78, 5) is 4.24. The van der Waals surface area contributed by atoms with Gasteiger partial charge in [0.05, 0.1) is 0 Å². The van der Waals surface area contributed by atoms with Crippen molar-refractivity contribution in [2.75, 3.05) is 0 Å². The molecule has 5 fully saturated rings. The van der Waals surface area contributed by atoms with Crippen molar-refractivity contribution in [3.05, 3.63) is 298 Å². The van der Waals surface area contributed by atoms with E-state index in [4.69, 9.17) is 86.8 Å². The molecule has 0 unspecified atom stereocenters. The molecule has 0 heterocycles. The van der Waals surface area contributed by atoms with Gasteiger partial charge in [0.2, 0.25) is 0 Å². The summed E-state index contributed by atoms with van der Waals surface area (Å²) >= 11 is 25.5. The second-order valence-electron chi connectivity index (χ2n) is 36.8. The highest BCUT2D eigenvalue weighted by Gasteiger charge is 2.27. The highest BCUT2D eigenvalue weighted by Crippen LogP contribution is 2.44. The van der Waals surface area contributed by atoms with Gasteiger partial charge in [-0.15, -0.1) is 0 Å². The molecule has 0 aliphatic heterocycles. The topological polar surface area (TPSA) is 46.2 Å². The third-order valence-electron chi connectivity index (χ3n) is 27.5. The van der Waals surface area contributed by atoms with Gasteiger partial charge in [-0.1, -0.05) is 315 Å². The molecule has 15 heteroatoms. The lowest BCUT2D eigenvalue weighted by Crippen LogP contribution is -2.13. The molecule has 130 heavy (non-hydrogen) atoms. The van der Waals surface area contributed by atoms with Gasteiger partial charge in [0, 0.05) is 24.5 Å². The summed E-state index contributed by atoms with van der Waals surface area (Å²) in [6.07, 6.45) is 48.6. The van der Waals surface area contributed by atoms with Crippen LogP contribution in [0.15, 0.2) is 267 Å². The predicted molar refractivity (Wildman–Crippen MR) is 549 cm³/mol. The zero-order valence-electron chi connectivity index (χ0n) is 78.3. The van der Waals surface area contributed by atoms with E-state index >= 15 is 0 Å². The smallest absolute Gasteiger partial charge is 0.119 e. The van der Waals surface area contributed by atoms with E-state index in [0.29, 0.717) is 33.0 Å². The molecule has 10 aromatic rings. The van der Waals surface area contributed by atoms with Gasteiger partial charge in [0.15, 0.2) is 0 Å². The molecule has 0 atom stereocenters. The molecule has 5 aliphatic rings. The fourth-order valence-corrected chi connectivity index (χ4v) is 20.0. The first-order chi connectivity index (χ1) is 61.2. The van der Waals surface area contributed by atoms with Gasteiger partial charge in [-0.3, -0.25) is 23.5 Å². The zero-order chi connectivity index (χ0) is 87.4. The van der Waals surface area contributed by atoms with Crippen molar-refractivity contribution in [1.82, 2.24) is 0 Å². The minimum absolute atomic E-state index is 0. The fourth-order valence-electron chi connectivity index (χ4n) is 19.3. The first-order valence-corrected chi connectivity index (χ1v) is 50.7. The minimum atomic E-state index is 0. The largest absolute Gasteiger partial charge is 0.489 e. The molecule has 0 aromatic heterocycles. The first-order valence-electron chi connectivity index (χ1n) is 48.7. The summed E-state index contributed by atoms with van der Waals surface area (Å²) in [5, 5.41) is 0. The Morgan fingerprint density at radius 1 is 0.185 bits per heavy atom. The van der Waals surface area contributed by atoms with Crippen LogP contribution in [-0.2, 0) is 33.0 Å². The van der Waals surface area contributed by atoms with Crippen LogP contribution in [0.4, 0.5) is 23.5 Å². The fraction of sp³-hybridized carbons (Fsp3) is 0.478. The molecule has 5 nitrogen and oxygen atoms in total. The highest BCUT2D eigenvalue weighted by molar-refractivity contribution is 7.81. The number of hydrogen-bond acceptors (Lipinski definition) is 5. The van der Waals surface area contributed by atoms with E-state index in [1.54, 1.807) is 0 Å². The molecule has 0 N–H and O–H groups in total. The van der Waals surface area contributed by atoms with Crippen LogP contribution in [0.2, 0.25) is 0 Å². The lowest BCUT2D eigenvalue weighted by molar-refractivity contribution is 0.302. The molecule has 0 spiro atoms. The Labute approximate surface area is 807 Å². The number of unbranched alkanes of at least 4 members (excludes halogenated alkanes) is 5. The van der Waals surface area contributed by atoms with Crippen LogP contribution in [-0.4, -0.2) is 0 Å². The molecule has 0 bridgehead atoms. The monoisotopic (exact) mass is 1870 g/mol. The molecule has 0 saturated heterocycles. The third kappa shape index (κ3) is 39.6. The van der Waals surface area contributed by atoms with Crippen molar-refractivity contribution in [2.24, 2.45) is 29.6 Å². The van der Waals surface area contributed by atoms with E-state index in [1.165, 1.54) is 280 Å².